The van der Waals surface area contributed by atoms with E-state index in [1.165, 1.54) is 12.1 Å². The Bertz CT molecular complexity index is 949. The maximum absolute atomic E-state index is 13.5. The van der Waals surface area contributed by atoms with Crippen molar-refractivity contribution in [2.45, 2.75) is 30.9 Å². The van der Waals surface area contributed by atoms with Crippen molar-refractivity contribution in [2.24, 2.45) is 11.8 Å². The number of H-pyrrole nitrogens is 1. The van der Waals surface area contributed by atoms with E-state index in [0.29, 0.717) is 17.7 Å². The summed E-state index contributed by atoms with van der Waals surface area (Å²) in [6.07, 6.45) is -1.90. The Labute approximate surface area is 159 Å². The van der Waals surface area contributed by atoms with Crippen molar-refractivity contribution in [3.8, 4) is 0 Å². The van der Waals surface area contributed by atoms with Crippen LogP contribution in [0.2, 0.25) is 5.02 Å². The van der Waals surface area contributed by atoms with Gasteiger partial charge in [-0.3, -0.25) is 0 Å². The number of nitrogens with one attached hydrogen (secondary N) is 1. The molecule has 0 bridgehead atoms. The molecular formula is C17H18ClF3N2O3S. The van der Waals surface area contributed by atoms with E-state index in [4.69, 9.17) is 16.3 Å². The molecule has 0 amide bonds. The van der Waals surface area contributed by atoms with Gasteiger partial charge in [-0.05, 0) is 37.0 Å². The highest BCUT2D eigenvalue weighted by molar-refractivity contribution is 7.90. The SMILES string of the molecule is Cc1[nH]c(C(OCC2CC2C(F)F)c2ccc(F)c(Cl)c2)nc1S(C)(=O)=O. The maximum Gasteiger partial charge on any atom is 0.241 e. The molecule has 1 N–H and O–H groups in total. The molecule has 3 unspecified atom stereocenters. The van der Waals surface area contributed by atoms with Crippen LogP contribution in [0.3, 0.4) is 0 Å². The summed E-state index contributed by atoms with van der Waals surface area (Å²) in [7, 11) is -3.57. The van der Waals surface area contributed by atoms with Crippen molar-refractivity contribution in [1.82, 2.24) is 9.97 Å². The van der Waals surface area contributed by atoms with E-state index < -0.39 is 34.1 Å². The fraction of sp³-hybridized carbons (Fsp3) is 0.471. The summed E-state index contributed by atoms with van der Waals surface area (Å²) in [5.41, 5.74) is 0.760. The molecule has 1 heterocycles. The van der Waals surface area contributed by atoms with Crippen LogP contribution in [0.4, 0.5) is 13.2 Å². The van der Waals surface area contributed by atoms with Crippen LogP contribution >= 0.6 is 11.6 Å². The van der Waals surface area contributed by atoms with E-state index in [-0.39, 0.29) is 28.4 Å². The standard InChI is InChI=1S/C17H18ClF3N2O3S/c1-8-17(27(2,24)25)23-16(22-8)14(9-3-4-13(19)12(18)6-9)26-7-10-5-11(10)15(20)21/h3-4,6,10-11,14-15H,5,7H2,1-2H3,(H,22,23). The Morgan fingerprint density at radius 3 is 2.63 bits per heavy atom. The third kappa shape index (κ3) is 4.47. The van der Waals surface area contributed by atoms with Crippen LogP contribution in [0, 0.1) is 24.6 Å². The molecule has 1 aliphatic carbocycles. The van der Waals surface area contributed by atoms with Gasteiger partial charge in [0.05, 0.1) is 17.3 Å². The van der Waals surface area contributed by atoms with Gasteiger partial charge in [-0.1, -0.05) is 17.7 Å². The van der Waals surface area contributed by atoms with Gasteiger partial charge in [-0.25, -0.2) is 26.6 Å². The van der Waals surface area contributed by atoms with Crippen molar-refractivity contribution in [3.63, 3.8) is 0 Å². The molecule has 3 rings (SSSR count). The maximum atomic E-state index is 13.5. The van der Waals surface area contributed by atoms with Crippen molar-refractivity contribution in [1.29, 1.82) is 0 Å². The van der Waals surface area contributed by atoms with E-state index in [1.807, 2.05) is 0 Å². The normalized spacial score (nSPS) is 20.9. The third-order valence-corrected chi connectivity index (χ3v) is 5.87. The predicted octanol–water partition coefficient (Wildman–Crippen LogP) is 3.92. The number of aromatic nitrogens is 2. The van der Waals surface area contributed by atoms with Gasteiger partial charge in [0, 0.05) is 12.2 Å². The molecule has 1 aromatic heterocycles. The second-order valence-corrected chi connectivity index (χ2v) is 9.04. The summed E-state index contributed by atoms with van der Waals surface area (Å²) in [6, 6.07) is 3.93. The summed E-state index contributed by atoms with van der Waals surface area (Å²) in [5.74, 6) is -1.42. The van der Waals surface area contributed by atoms with Gasteiger partial charge in [0.2, 0.25) is 6.43 Å². The summed E-state index contributed by atoms with van der Waals surface area (Å²) in [6.45, 7) is 1.60. The number of halogens is 4. The number of aryl methyl sites for hydroxylation is 1. The zero-order valence-corrected chi connectivity index (χ0v) is 16.1. The van der Waals surface area contributed by atoms with Gasteiger partial charge in [0.25, 0.3) is 0 Å². The average Bonchev–Trinajstić information content (AvgIpc) is 3.24. The van der Waals surface area contributed by atoms with E-state index in [0.717, 1.165) is 12.3 Å². The number of ether oxygens (including phenoxy) is 1. The first kappa shape index (κ1) is 20.2. The van der Waals surface area contributed by atoms with Gasteiger partial charge >= 0.3 is 0 Å². The van der Waals surface area contributed by atoms with Gasteiger partial charge in [0.1, 0.15) is 17.7 Å². The van der Waals surface area contributed by atoms with Gasteiger partial charge in [-0.15, -0.1) is 0 Å². The second kappa shape index (κ2) is 7.44. The summed E-state index contributed by atoms with van der Waals surface area (Å²) < 4.78 is 68.4. The molecule has 0 saturated heterocycles. The average molecular weight is 423 g/mol. The number of hydrogen-bond donors (Lipinski definition) is 1. The first-order valence-electron chi connectivity index (χ1n) is 8.19. The van der Waals surface area contributed by atoms with Gasteiger partial charge in [0.15, 0.2) is 14.9 Å². The Hall–Kier alpha value is -1.58. The van der Waals surface area contributed by atoms with Crippen LogP contribution < -0.4 is 0 Å². The molecule has 1 aromatic carbocycles. The van der Waals surface area contributed by atoms with Crippen LogP contribution in [-0.4, -0.2) is 37.7 Å². The summed E-state index contributed by atoms with van der Waals surface area (Å²) >= 11 is 5.84. The monoisotopic (exact) mass is 422 g/mol. The highest BCUT2D eigenvalue weighted by Gasteiger charge is 2.44. The third-order valence-electron chi connectivity index (χ3n) is 4.48. The molecule has 0 aliphatic heterocycles. The van der Waals surface area contributed by atoms with E-state index in [2.05, 4.69) is 9.97 Å². The first-order chi connectivity index (χ1) is 12.6. The number of alkyl halides is 2. The highest BCUT2D eigenvalue weighted by atomic mass is 35.5. The van der Waals surface area contributed by atoms with Crippen LogP contribution in [0.1, 0.15) is 29.6 Å². The highest BCUT2D eigenvalue weighted by Crippen LogP contribution is 2.44. The number of hydrogen-bond acceptors (Lipinski definition) is 4. The molecule has 148 valence electrons. The fourth-order valence-electron chi connectivity index (χ4n) is 2.95. The van der Waals surface area contributed by atoms with Crippen LogP contribution in [0.15, 0.2) is 23.2 Å². The number of benzene rings is 1. The Morgan fingerprint density at radius 2 is 2.11 bits per heavy atom. The first-order valence-corrected chi connectivity index (χ1v) is 10.5. The lowest BCUT2D eigenvalue weighted by molar-refractivity contribution is 0.0502. The molecule has 1 saturated carbocycles. The molecule has 0 spiro atoms. The number of sulfone groups is 1. The molecule has 10 heteroatoms. The second-order valence-electron chi connectivity index (χ2n) is 6.71. The molecular weight excluding hydrogens is 405 g/mol. The lowest BCUT2D eigenvalue weighted by Gasteiger charge is -2.17. The minimum Gasteiger partial charge on any atom is -0.365 e. The topological polar surface area (TPSA) is 72.0 Å². The molecule has 0 radical (unpaired) electrons. The molecule has 5 nitrogen and oxygen atoms in total. The fourth-order valence-corrected chi connectivity index (χ4v) is 4.01. The lowest BCUT2D eigenvalue weighted by atomic mass is 10.1. The number of imidazole rings is 1. The van der Waals surface area contributed by atoms with Crippen molar-refractivity contribution < 1.29 is 26.3 Å². The minimum absolute atomic E-state index is 0.0443. The predicted molar refractivity (Wildman–Crippen MR) is 93.2 cm³/mol. The van der Waals surface area contributed by atoms with Crippen molar-refractivity contribution >= 4 is 21.4 Å². The molecule has 3 atom stereocenters. The number of nitrogens with zero attached hydrogens (tertiary/aromatic N) is 1. The Balaban J connectivity index is 1.91. The van der Waals surface area contributed by atoms with Crippen LogP contribution in [0.5, 0.6) is 0 Å². The largest absolute Gasteiger partial charge is 0.365 e. The smallest absolute Gasteiger partial charge is 0.241 e. The minimum atomic E-state index is -3.57. The molecule has 2 aromatic rings. The quantitative estimate of drug-likeness (QED) is 0.734. The van der Waals surface area contributed by atoms with Gasteiger partial charge in [-0.2, -0.15) is 0 Å². The van der Waals surface area contributed by atoms with E-state index in [1.54, 1.807) is 6.92 Å². The number of rotatable bonds is 7. The molecule has 1 fully saturated rings. The van der Waals surface area contributed by atoms with Crippen LogP contribution in [0.25, 0.3) is 0 Å². The Morgan fingerprint density at radius 1 is 1.41 bits per heavy atom. The van der Waals surface area contributed by atoms with Crippen molar-refractivity contribution in [3.05, 3.63) is 46.1 Å². The van der Waals surface area contributed by atoms with E-state index >= 15 is 0 Å². The number of aromatic amines is 1. The lowest BCUT2D eigenvalue weighted by Crippen LogP contribution is -2.12. The van der Waals surface area contributed by atoms with Gasteiger partial charge < -0.3 is 9.72 Å². The zero-order chi connectivity index (χ0) is 19.9. The van der Waals surface area contributed by atoms with Crippen molar-refractivity contribution in [2.75, 3.05) is 12.9 Å². The van der Waals surface area contributed by atoms with E-state index in [9.17, 15) is 21.6 Å². The summed E-state index contributed by atoms with van der Waals surface area (Å²) in [5, 5.41) is -0.263. The van der Waals surface area contributed by atoms with Crippen LogP contribution in [-0.2, 0) is 14.6 Å². The zero-order valence-electron chi connectivity index (χ0n) is 14.5. The molecule has 27 heavy (non-hydrogen) atoms. The molecule has 1 aliphatic rings. The Kier molecular flexibility index (Phi) is 5.56. The summed E-state index contributed by atoms with van der Waals surface area (Å²) in [4.78, 5) is 6.97.